The molecule has 3 aromatic rings. The van der Waals surface area contributed by atoms with Crippen molar-refractivity contribution in [3.05, 3.63) is 70.6 Å². The third kappa shape index (κ3) is 5.83. The molecule has 2 aromatic carbocycles. The lowest BCUT2D eigenvalue weighted by molar-refractivity contribution is -0.0172. The van der Waals surface area contributed by atoms with Crippen molar-refractivity contribution in [2.75, 3.05) is 0 Å². The fraction of sp³-hybridized carbons (Fsp3) is 0.429. The van der Waals surface area contributed by atoms with Gasteiger partial charge in [0.25, 0.3) is 0 Å². The van der Waals surface area contributed by atoms with E-state index in [0.717, 1.165) is 29.0 Å². The van der Waals surface area contributed by atoms with Crippen LogP contribution < -0.4 is 4.74 Å². The van der Waals surface area contributed by atoms with E-state index in [1.54, 1.807) is 0 Å². The van der Waals surface area contributed by atoms with Crippen molar-refractivity contribution >= 4 is 17.3 Å². The highest BCUT2D eigenvalue weighted by molar-refractivity contribution is 7.17. The van der Waals surface area contributed by atoms with Gasteiger partial charge >= 0.3 is 5.97 Å². The summed E-state index contributed by atoms with van der Waals surface area (Å²) in [5, 5.41) is 0.766. The van der Waals surface area contributed by atoms with E-state index in [1.807, 2.05) is 42.5 Å². The Morgan fingerprint density at radius 2 is 1.82 bits per heavy atom. The number of carbonyl (C=O) groups excluding carboxylic acids is 1. The third-order valence-corrected chi connectivity index (χ3v) is 7.58. The number of esters is 1. The minimum atomic E-state index is -0.321. The summed E-state index contributed by atoms with van der Waals surface area (Å²) >= 11 is 1.35. The van der Waals surface area contributed by atoms with Crippen molar-refractivity contribution in [1.82, 2.24) is 4.98 Å². The molecule has 0 saturated heterocycles. The van der Waals surface area contributed by atoms with Gasteiger partial charge in [0.2, 0.25) is 5.88 Å². The lowest BCUT2D eigenvalue weighted by atomic mass is 9.75. The molecule has 3 atom stereocenters. The van der Waals surface area contributed by atoms with Crippen molar-refractivity contribution in [2.24, 2.45) is 17.8 Å². The fourth-order valence-electron chi connectivity index (χ4n) is 4.52. The first-order chi connectivity index (χ1) is 15.9. The topological polar surface area (TPSA) is 48.4 Å². The summed E-state index contributed by atoms with van der Waals surface area (Å²) in [5.41, 5.74) is 3.19. The Morgan fingerprint density at radius 3 is 2.52 bits per heavy atom. The molecule has 1 aliphatic carbocycles. The predicted molar refractivity (Wildman–Crippen MR) is 134 cm³/mol. The Morgan fingerprint density at radius 1 is 1.09 bits per heavy atom. The largest absolute Gasteiger partial charge is 0.472 e. The van der Waals surface area contributed by atoms with E-state index < -0.39 is 0 Å². The fourth-order valence-corrected chi connectivity index (χ4v) is 5.42. The van der Waals surface area contributed by atoms with Gasteiger partial charge in [0.1, 0.15) is 17.7 Å². The second kappa shape index (κ2) is 10.5. The first-order valence-electron chi connectivity index (χ1n) is 11.9. The quantitative estimate of drug-likeness (QED) is 0.345. The summed E-state index contributed by atoms with van der Waals surface area (Å²) in [6, 6.07) is 18.1. The second-order valence-corrected chi connectivity index (χ2v) is 10.6. The molecule has 0 N–H and O–H groups in total. The van der Waals surface area contributed by atoms with E-state index >= 15 is 0 Å². The van der Waals surface area contributed by atoms with Crippen LogP contribution in [0.4, 0.5) is 0 Å². The van der Waals surface area contributed by atoms with Crippen LogP contribution in [0.2, 0.25) is 0 Å². The van der Waals surface area contributed by atoms with Crippen molar-refractivity contribution in [3.8, 4) is 16.5 Å². The molecule has 5 heteroatoms. The van der Waals surface area contributed by atoms with Crippen LogP contribution in [0.25, 0.3) is 10.6 Å². The maximum Gasteiger partial charge on any atom is 0.354 e. The zero-order chi connectivity index (χ0) is 23.4. The molecular weight excluding hydrogens is 430 g/mol. The van der Waals surface area contributed by atoms with Crippen LogP contribution in [0.1, 0.15) is 60.8 Å². The Bertz CT molecular complexity index is 1060. The molecule has 4 nitrogen and oxygen atoms in total. The van der Waals surface area contributed by atoms with Crippen LogP contribution in [0.3, 0.4) is 0 Å². The molecule has 33 heavy (non-hydrogen) atoms. The van der Waals surface area contributed by atoms with E-state index in [-0.39, 0.29) is 12.1 Å². The number of rotatable bonds is 7. The average Bonchev–Trinajstić information content (AvgIpc) is 3.23. The van der Waals surface area contributed by atoms with E-state index in [1.165, 1.54) is 23.3 Å². The summed E-state index contributed by atoms with van der Waals surface area (Å²) in [6.07, 6.45) is 3.15. The summed E-state index contributed by atoms with van der Waals surface area (Å²) < 4.78 is 12.2. The number of aromatic nitrogens is 1. The summed E-state index contributed by atoms with van der Waals surface area (Å²) in [6.45, 7) is 9.09. The van der Waals surface area contributed by atoms with Crippen molar-refractivity contribution < 1.29 is 14.3 Å². The molecule has 0 bridgehead atoms. The van der Waals surface area contributed by atoms with Crippen molar-refractivity contribution in [3.63, 3.8) is 0 Å². The molecule has 1 fully saturated rings. The minimum Gasteiger partial charge on any atom is -0.472 e. The monoisotopic (exact) mass is 463 g/mol. The van der Waals surface area contributed by atoms with E-state index in [2.05, 4.69) is 39.8 Å². The molecule has 0 amide bonds. The Labute approximate surface area is 201 Å². The molecule has 4 rings (SSSR count). The number of ether oxygens (including phenoxy) is 2. The molecule has 174 valence electrons. The molecule has 1 heterocycles. The van der Waals surface area contributed by atoms with Gasteiger partial charge in [-0.3, -0.25) is 0 Å². The van der Waals surface area contributed by atoms with Gasteiger partial charge in [-0.05, 0) is 43.1 Å². The number of carbonyl (C=O) groups is 1. The lowest BCUT2D eigenvalue weighted by Gasteiger charge is -2.36. The number of aryl methyl sites for hydroxylation is 1. The first kappa shape index (κ1) is 23.5. The molecular formula is C28H33NO3S. The van der Waals surface area contributed by atoms with Gasteiger partial charge in [-0.15, -0.1) is 11.3 Å². The number of benzene rings is 2. The van der Waals surface area contributed by atoms with Crippen LogP contribution in [0, 0.1) is 24.7 Å². The highest BCUT2D eigenvalue weighted by Gasteiger charge is 2.35. The smallest absolute Gasteiger partial charge is 0.354 e. The SMILES string of the molecule is Cc1ccc(-c2nc(OCc3ccccc3)c(C(=O)OC3CC(C)CCC3C(C)C)s2)cc1. The Kier molecular flexibility index (Phi) is 7.49. The van der Waals surface area contributed by atoms with Crippen molar-refractivity contribution in [2.45, 2.75) is 59.7 Å². The Balaban J connectivity index is 1.59. The zero-order valence-electron chi connectivity index (χ0n) is 19.9. The molecule has 0 radical (unpaired) electrons. The van der Waals surface area contributed by atoms with Crippen LogP contribution in [0.15, 0.2) is 54.6 Å². The average molecular weight is 464 g/mol. The van der Waals surface area contributed by atoms with Crippen LogP contribution in [0.5, 0.6) is 5.88 Å². The second-order valence-electron chi connectivity index (χ2n) is 9.56. The highest BCUT2D eigenvalue weighted by atomic mass is 32.1. The number of nitrogens with zero attached hydrogens (tertiary/aromatic N) is 1. The van der Waals surface area contributed by atoms with Crippen LogP contribution in [-0.4, -0.2) is 17.1 Å². The minimum absolute atomic E-state index is 0.0619. The van der Waals surface area contributed by atoms with E-state index in [0.29, 0.717) is 35.1 Å². The van der Waals surface area contributed by atoms with Gasteiger partial charge in [0.15, 0.2) is 4.88 Å². The van der Waals surface area contributed by atoms with Crippen LogP contribution >= 0.6 is 11.3 Å². The first-order valence-corrected chi connectivity index (χ1v) is 12.7. The van der Waals surface area contributed by atoms with Crippen LogP contribution in [-0.2, 0) is 11.3 Å². The Hall–Kier alpha value is -2.66. The van der Waals surface area contributed by atoms with Gasteiger partial charge < -0.3 is 9.47 Å². The molecule has 1 aromatic heterocycles. The normalized spacial score (nSPS) is 20.6. The molecule has 1 aliphatic rings. The lowest BCUT2D eigenvalue weighted by Crippen LogP contribution is -2.35. The predicted octanol–water partition coefficient (Wildman–Crippen LogP) is 7.32. The number of hydrogen-bond donors (Lipinski definition) is 0. The molecule has 0 spiro atoms. The van der Waals surface area contributed by atoms with Gasteiger partial charge in [0, 0.05) is 5.56 Å². The molecule has 0 aliphatic heterocycles. The summed E-state index contributed by atoms with van der Waals surface area (Å²) in [7, 11) is 0. The van der Waals surface area contributed by atoms with Gasteiger partial charge in [-0.25, -0.2) is 9.78 Å². The number of hydrogen-bond acceptors (Lipinski definition) is 5. The summed E-state index contributed by atoms with van der Waals surface area (Å²) in [5.74, 6) is 1.47. The molecule has 3 unspecified atom stereocenters. The van der Waals surface area contributed by atoms with Crippen molar-refractivity contribution in [1.29, 1.82) is 0 Å². The van der Waals surface area contributed by atoms with Gasteiger partial charge in [-0.2, -0.15) is 0 Å². The number of thiazole rings is 1. The zero-order valence-corrected chi connectivity index (χ0v) is 20.7. The molecule has 1 saturated carbocycles. The maximum absolute atomic E-state index is 13.4. The highest BCUT2D eigenvalue weighted by Crippen LogP contribution is 2.38. The third-order valence-electron chi connectivity index (χ3n) is 6.52. The maximum atomic E-state index is 13.4. The van der Waals surface area contributed by atoms with Gasteiger partial charge in [0.05, 0.1) is 0 Å². The van der Waals surface area contributed by atoms with E-state index in [9.17, 15) is 4.79 Å². The van der Waals surface area contributed by atoms with E-state index in [4.69, 9.17) is 14.5 Å². The van der Waals surface area contributed by atoms with Gasteiger partial charge in [-0.1, -0.05) is 87.4 Å². The summed E-state index contributed by atoms with van der Waals surface area (Å²) in [4.78, 5) is 18.5. The standard InChI is InChI=1S/C28H33NO3S/c1-18(2)23-15-12-20(4)16-24(23)32-28(30)25-26(31-17-21-8-6-5-7-9-21)29-27(33-25)22-13-10-19(3)11-14-22/h5-11,13-14,18,20,23-24H,12,15-17H2,1-4H3.